The molecular formula is C4H12O3SSi. The van der Waals surface area contributed by atoms with Crippen molar-refractivity contribution in [3.05, 3.63) is 0 Å². The van der Waals surface area contributed by atoms with Crippen LogP contribution in [0.25, 0.3) is 0 Å². The molecular weight excluding hydrogens is 156 g/mol. The van der Waals surface area contributed by atoms with Gasteiger partial charge in [0.25, 0.3) is 0 Å². The van der Waals surface area contributed by atoms with Crippen molar-refractivity contribution in [2.24, 2.45) is 0 Å². The maximum Gasteiger partial charge on any atom is 0.183 e. The molecule has 0 aliphatic heterocycles. The molecule has 0 bridgehead atoms. The molecule has 1 unspecified atom stereocenters. The van der Waals surface area contributed by atoms with Crippen molar-refractivity contribution in [2.75, 3.05) is 5.75 Å². The molecule has 0 fully saturated rings. The fourth-order valence-electron chi connectivity index (χ4n) is 0.337. The van der Waals surface area contributed by atoms with Crippen molar-refractivity contribution in [2.45, 2.75) is 19.1 Å². The van der Waals surface area contributed by atoms with Gasteiger partial charge in [-0.25, -0.2) is 4.21 Å². The third-order valence-corrected chi connectivity index (χ3v) is 3.28. The third-order valence-electron chi connectivity index (χ3n) is 0.888. The van der Waals surface area contributed by atoms with Gasteiger partial charge in [-0.3, -0.25) is 0 Å². The van der Waals surface area contributed by atoms with Gasteiger partial charge in [-0.15, -0.1) is 0 Å². The van der Waals surface area contributed by atoms with Crippen molar-refractivity contribution >= 4 is 19.4 Å². The highest BCUT2D eigenvalue weighted by Crippen LogP contribution is 2.03. The van der Waals surface area contributed by atoms with Crippen LogP contribution in [0.1, 0.15) is 0 Å². The topological polar surface area (TPSA) is 57.5 Å². The Bertz CT molecular complexity index is 109. The molecule has 0 rings (SSSR count). The molecule has 5 heteroatoms. The van der Waals surface area contributed by atoms with Gasteiger partial charge in [0.2, 0.25) is 0 Å². The van der Waals surface area contributed by atoms with E-state index in [9.17, 15) is 4.21 Å². The molecule has 0 amide bonds. The van der Waals surface area contributed by atoms with Crippen molar-refractivity contribution in [3.63, 3.8) is 0 Å². The van der Waals surface area contributed by atoms with Gasteiger partial charge in [0.15, 0.2) is 19.4 Å². The zero-order valence-corrected chi connectivity index (χ0v) is 7.44. The van der Waals surface area contributed by atoms with E-state index in [1.54, 1.807) is 13.1 Å². The summed E-state index contributed by atoms with van der Waals surface area (Å²) in [5, 5.41) is 0. The largest absolute Gasteiger partial charge is 0.432 e. The number of hydrogen-bond acceptors (Lipinski definition) is 2. The van der Waals surface area contributed by atoms with Crippen LogP contribution in [0.3, 0.4) is 0 Å². The fourth-order valence-corrected chi connectivity index (χ4v) is 3.03. The van der Waals surface area contributed by atoms with Gasteiger partial charge in [0.1, 0.15) is 0 Å². The van der Waals surface area contributed by atoms with Gasteiger partial charge in [-0.1, -0.05) is 0 Å². The Labute approximate surface area is 58.5 Å². The highest BCUT2D eigenvalue weighted by molar-refractivity contribution is 7.79. The average Bonchev–Trinajstić information content (AvgIpc) is 1.59. The molecule has 0 aliphatic carbocycles. The maximum atomic E-state index is 10.1. The van der Waals surface area contributed by atoms with Crippen molar-refractivity contribution in [3.8, 4) is 0 Å². The van der Waals surface area contributed by atoms with Crippen LogP contribution in [-0.2, 0) is 11.1 Å². The van der Waals surface area contributed by atoms with E-state index in [1.165, 1.54) is 0 Å². The van der Waals surface area contributed by atoms with E-state index in [2.05, 4.69) is 0 Å². The number of rotatable bonds is 3. The summed E-state index contributed by atoms with van der Waals surface area (Å²) in [7, 11) is -2.07. The van der Waals surface area contributed by atoms with Crippen LogP contribution in [0.5, 0.6) is 0 Å². The highest BCUT2D eigenvalue weighted by atomic mass is 32.2. The van der Waals surface area contributed by atoms with E-state index in [1.807, 2.05) is 0 Å². The summed E-state index contributed by atoms with van der Waals surface area (Å²) in [5.41, 5.74) is 0. The first-order valence-electron chi connectivity index (χ1n) is 2.72. The summed E-state index contributed by atoms with van der Waals surface area (Å²) in [6.45, 7) is 3.50. The van der Waals surface area contributed by atoms with Crippen molar-refractivity contribution in [1.82, 2.24) is 0 Å². The van der Waals surface area contributed by atoms with Crippen LogP contribution in [0.15, 0.2) is 0 Å². The zero-order valence-electron chi connectivity index (χ0n) is 5.63. The van der Waals surface area contributed by atoms with Gasteiger partial charge in [-0.05, 0) is 19.1 Å². The molecule has 0 radical (unpaired) electrons. The lowest BCUT2D eigenvalue weighted by atomic mass is 11.0. The third kappa shape index (κ3) is 8.29. The van der Waals surface area contributed by atoms with E-state index >= 15 is 0 Å². The molecule has 0 saturated carbocycles. The summed E-state index contributed by atoms with van der Waals surface area (Å²) in [6.07, 6.45) is 0. The molecule has 1 atom stereocenters. The Balaban J connectivity index is 3.39. The second-order valence-electron chi connectivity index (χ2n) is 2.59. The first kappa shape index (κ1) is 9.29. The number of hydrogen-bond donors (Lipinski definition) is 2. The molecule has 56 valence electrons. The monoisotopic (exact) mass is 168 g/mol. The summed E-state index contributed by atoms with van der Waals surface area (Å²) in [6, 6.07) is 0.496. The van der Waals surface area contributed by atoms with Crippen LogP contribution in [0.4, 0.5) is 0 Å². The quantitative estimate of drug-likeness (QED) is 0.474. The smallest absolute Gasteiger partial charge is 0.183 e. The minimum Gasteiger partial charge on any atom is -0.432 e. The lowest BCUT2D eigenvalue weighted by Gasteiger charge is -2.10. The van der Waals surface area contributed by atoms with Crippen LogP contribution in [-0.4, -0.2) is 27.6 Å². The lowest BCUT2D eigenvalue weighted by Crippen LogP contribution is -2.26. The Hall–Kier alpha value is 0.287. The standard InChI is InChI=1S/C4H12O3SSi/c1-9(2,7)4-3-8(5)6/h7H,3-4H2,1-2H3,(H,5,6). The second kappa shape index (κ2) is 3.45. The summed E-state index contributed by atoms with van der Waals surface area (Å²) in [5.74, 6) is 0.204. The maximum absolute atomic E-state index is 10.1. The predicted octanol–water partition coefficient (Wildman–Crippen LogP) is 0.405. The molecule has 0 spiro atoms. The molecule has 9 heavy (non-hydrogen) atoms. The van der Waals surface area contributed by atoms with Gasteiger partial charge >= 0.3 is 0 Å². The summed E-state index contributed by atoms with van der Waals surface area (Å²) >= 11 is -1.74. The predicted molar refractivity (Wildman–Crippen MR) is 40.1 cm³/mol. The first-order valence-corrected chi connectivity index (χ1v) is 7.15. The molecule has 0 aromatic carbocycles. The first-order chi connectivity index (χ1) is 3.92. The van der Waals surface area contributed by atoms with E-state index in [0.717, 1.165) is 0 Å². The average molecular weight is 168 g/mol. The second-order valence-corrected chi connectivity index (χ2v) is 7.76. The van der Waals surface area contributed by atoms with Crippen LogP contribution >= 0.6 is 0 Å². The molecule has 3 nitrogen and oxygen atoms in total. The van der Waals surface area contributed by atoms with Gasteiger partial charge in [0, 0.05) is 5.75 Å². The highest BCUT2D eigenvalue weighted by Gasteiger charge is 2.16. The summed E-state index contributed by atoms with van der Waals surface area (Å²) < 4.78 is 18.4. The molecule has 0 heterocycles. The van der Waals surface area contributed by atoms with Crippen molar-refractivity contribution < 1.29 is 13.6 Å². The Morgan fingerprint density at radius 2 is 2.00 bits per heavy atom. The molecule has 0 aliphatic rings. The van der Waals surface area contributed by atoms with Crippen LogP contribution in [0, 0.1) is 0 Å². The Morgan fingerprint density at radius 1 is 1.56 bits per heavy atom. The molecule has 0 aromatic heterocycles. The van der Waals surface area contributed by atoms with Crippen LogP contribution in [0.2, 0.25) is 19.1 Å². The zero-order chi connectivity index (χ0) is 7.49. The lowest BCUT2D eigenvalue weighted by molar-refractivity contribution is 0.543. The normalized spacial score (nSPS) is 15.6. The van der Waals surface area contributed by atoms with E-state index in [0.29, 0.717) is 6.04 Å². The molecule has 0 aromatic rings. The SMILES string of the molecule is C[Si](C)(O)CCS(=O)O. The van der Waals surface area contributed by atoms with Gasteiger partial charge < -0.3 is 9.35 Å². The fraction of sp³-hybridized carbons (Fsp3) is 1.00. The Kier molecular flexibility index (Phi) is 3.56. The molecule has 2 N–H and O–H groups in total. The van der Waals surface area contributed by atoms with E-state index in [4.69, 9.17) is 9.35 Å². The van der Waals surface area contributed by atoms with Gasteiger partial charge in [0.05, 0.1) is 0 Å². The van der Waals surface area contributed by atoms with Crippen LogP contribution < -0.4 is 0 Å². The minimum atomic E-state index is -2.07. The van der Waals surface area contributed by atoms with Crippen molar-refractivity contribution in [1.29, 1.82) is 0 Å². The molecule has 0 saturated heterocycles. The van der Waals surface area contributed by atoms with E-state index in [-0.39, 0.29) is 5.75 Å². The summed E-state index contributed by atoms with van der Waals surface area (Å²) in [4.78, 5) is 9.16. The minimum absolute atomic E-state index is 0.204. The van der Waals surface area contributed by atoms with E-state index < -0.39 is 19.4 Å². The van der Waals surface area contributed by atoms with Gasteiger partial charge in [-0.2, -0.15) is 0 Å². The Morgan fingerprint density at radius 3 is 2.11 bits per heavy atom.